The zero-order valence-corrected chi connectivity index (χ0v) is 8.92. The third-order valence-corrected chi connectivity index (χ3v) is 4.64. The number of nitrogens with zero attached hydrogens (tertiary/aromatic N) is 1. The molecule has 0 spiro atoms. The summed E-state index contributed by atoms with van der Waals surface area (Å²) in [6.45, 7) is 9.10. The second-order valence-electron chi connectivity index (χ2n) is 5.93. The highest BCUT2D eigenvalue weighted by Crippen LogP contribution is 2.62. The highest BCUT2D eigenvalue weighted by Gasteiger charge is 2.61. The summed E-state index contributed by atoms with van der Waals surface area (Å²) in [6.07, 6.45) is 4.55. The van der Waals surface area contributed by atoms with Crippen LogP contribution in [0.25, 0.3) is 0 Å². The fourth-order valence-electron chi connectivity index (χ4n) is 3.33. The molecule has 3 aliphatic rings. The van der Waals surface area contributed by atoms with Crippen LogP contribution >= 0.6 is 0 Å². The Morgan fingerprint density at radius 2 is 2.15 bits per heavy atom. The van der Waals surface area contributed by atoms with Gasteiger partial charge in [0.05, 0.1) is 0 Å². The van der Waals surface area contributed by atoms with Gasteiger partial charge in [0.1, 0.15) is 0 Å². The van der Waals surface area contributed by atoms with Gasteiger partial charge >= 0.3 is 0 Å². The van der Waals surface area contributed by atoms with E-state index in [1.165, 1.54) is 38.9 Å². The van der Waals surface area contributed by atoms with E-state index in [0.29, 0.717) is 0 Å². The Hall–Kier alpha value is -0.0400. The lowest BCUT2D eigenvalue weighted by Gasteiger charge is -2.22. The Labute approximate surface area is 81.5 Å². The lowest BCUT2D eigenvalue weighted by atomic mass is 9.91. The molecule has 0 amide bonds. The Kier molecular flexibility index (Phi) is 1.59. The normalized spacial score (nSPS) is 44.1. The van der Waals surface area contributed by atoms with Gasteiger partial charge in [0.2, 0.25) is 0 Å². The van der Waals surface area contributed by atoms with Crippen molar-refractivity contribution < 1.29 is 0 Å². The first-order chi connectivity index (χ1) is 6.21. The van der Waals surface area contributed by atoms with Crippen molar-refractivity contribution in [3.63, 3.8) is 0 Å². The van der Waals surface area contributed by atoms with Gasteiger partial charge in [-0.1, -0.05) is 13.8 Å². The molecule has 1 nitrogen and oxygen atoms in total. The van der Waals surface area contributed by atoms with Crippen LogP contribution in [0.1, 0.15) is 33.1 Å². The molecule has 0 aromatic heterocycles. The number of hydrogen-bond donors (Lipinski definition) is 0. The van der Waals surface area contributed by atoms with Crippen molar-refractivity contribution in [1.29, 1.82) is 0 Å². The van der Waals surface area contributed by atoms with Gasteiger partial charge in [0.25, 0.3) is 0 Å². The number of fused-ring (bicyclic) bond motifs is 1. The SMILES string of the molecule is CC(C)C12CC1CN(CC1CC1)C2. The van der Waals surface area contributed by atoms with E-state index in [0.717, 1.165) is 23.2 Å². The van der Waals surface area contributed by atoms with E-state index >= 15 is 0 Å². The molecular formula is C12H21N. The van der Waals surface area contributed by atoms with Crippen molar-refractivity contribution in [2.45, 2.75) is 33.1 Å². The van der Waals surface area contributed by atoms with E-state index in [1.807, 2.05) is 0 Å². The number of rotatable bonds is 3. The molecule has 1 heteroatoms. The summed E-state index contributed by atoms with van der Waals surface area (Å²) < 4.78 is 0. The zero-order valence-electron chi connectivity index (χ0n) is 8.92. The molecule has 1 saturated heterocycles. The van der Waals surface area contributed by atoms with Crippen molar-refractivity contribution in [3.05, 3.63) is 0 Å². The van der Waals surface area contributed by atoms with Gasteiger partial charge in [-0.25, -0.2) is 0 Å². The minimum Gasteiger partial charge on any atom is -0.302 e. The van der Waals surface area contributed by atoms with Crippen LogP contribution in [0, 0.1) is 23.2 Å². The first-order valence-electron chi connectivity index (χ1n) is 5.93. The third kappa shape index (κ3) is 1.24. The van der Waals surface area contributed by atoms with Gasteiger partial charge in [-0.2, -0.15) is 0 Å². The predicted molar refractivity (Wildman–Crippen MR) is 54.5 cm³/mol. The van der Waals surface area contributed by atoms with Crippen LogP contribution in [0.5, 0.6) is 0 Å². The second kappa shape index (κ2) is 2.50. The standard InChI is InChI=1S/C12H21N/c1-9(2)12-5-11(12)7-13(8-12)6-10-3-4-10/h9-11H,3-8H2,1-2H3. The quantitative estimate of drug-likeness (QED) is 0.643. The van der Waals surface area contributed by atoms with Gasteiger partial charge in [-0.3, -0.25) is 0 Å². The van der Waals surface area contributed by atoms with Crippen molar-refractivity contribution in [2.75, 3.05) is 19.6 Å². The summed E-state index contributed by atoms with van der Waals surface area (Å²) >= 11 is 0. The maximum atomic E-state index is 2.74. The minimum absolute atomic E-state index is 0.773. The molecule has 2 saturated carbocycles. The van der Waals surface area contributed by atoms with Gasteiger partial charge in [-0.05, 0) is 42.4 Å². The average molecular weight is 179 g/mol. The predicted octanol–water partition coefficient (Wildman–Crippen LogP) is 2.37. The molecular weight excluding hydrogens is 158 g/mol. The largest absolute Gasteiger partial charge is 0.302 e. The molecule has 13 heavy (non-hydrogen) atoms. The van der Waals surface area contributed by atoms with Crippen molar-refractivity contribution in [2.24, 2.45) is 23.2 Å². The first kappa shape index (κ1) is 8.28. The maximum Gasteiger partial charge on any atom is 0.00439 e. The average Bonchev–Trinajstić information content (AvgIpc) is 2.94. The highest BCUT2D eigenvalue weighted by molar-refractivity contribution is 5.11. The molecule has 2 unspecified atom stereocenters. The van der Waals surface area contributed by atoms with Gasteiger partial charge in [-0.15, -0.1) is 0 Å². The van der Waals surface area contributed by atoms with E-state index in [4.69, 9.17) is 0 Å². The lowest BCUT2D eigenvalue weighted by Crippen LogP contribution is -2.28. The summed E-state index contributed by atoms with van der Waals surface area (Å²) in [5.41, 5.74) is 0.773. The Morgan fingerprint density at radius 3 is 2.69 bits per heavy atom. The molecule has 1 aliphatic heterocycles. The summed E-state index contributed by atoms with van der Waals surface area (Å²) in [7, 11) is 0. The molecule has 1 heterocycles. The van der Waals surface area contributed by atoms with E-state index in [-0.39, 0.29) is 0 Å². The number of piperidine rings is 1. The summed E-state index contributed by atoms with van der Waals surface area (Å²) in [4.78, 5) is 2.74. The van der Waals surface area contributed by atoms with Crippen LogP contribution in [0.15, 0.2) is 0 Å². The fourth-order valence-corrected chi connectivity index (χ4v) is 3.33. The second-order valence-corrected chi connectivity index (χ2v) is 5.93. The summed E-state index contributed by atoms with van der Waals surface area (Å²) in [5, 5.41) is 0. The molecule has 3 rings (SSSR count). The van der Waals surface area contributed by atoms with Gasteiger partial charge < -0.3 is 4.90 Å². The summed E-state index contributed by atoms with van der Waals surface area (Å²) in [6, 6.07) is 0. The van der Waals surface area contributed by atoms with E-state index < -0.39 is 0 Å². The van der Waals surface area contributed by atoms with Crippen LogP contribution in [0.2, 0.25) is 0 Å². The smallest absolute Gasteiger partial charge is 0.00439 e. The minimum atomic E-state index is 0.773. The van der Waals surface area contributed by atoms with E-state index in [9.17, 15) is 0 Å². The van der Waals surface area contributed by atoms with Crippen LogP contribution in [0.3, 0.4) is 0 Å². The number of likely N-dealkylation sites (tertiary alicyclic amines) is 1. The molecule has 2 atom stereocenters. The molecule has 0 radical (unpaired) electrons. The van der Waals surface area contributed by atoms with Gasteiger partial charge in [0, 0.05) is 19.6 Å². The third-order valence-electron chi connectivity index (χ3n) is 4.64. The zero-order chi connectivity index (χ0) is 9.05. The van der Waals surface area contributed by atoms with Crippen LogP contribution in [0.4, 0.5) is 0 Å². The summed E-state index contributed by atoms with van der Waals surface area (Å²) in [5.74, 6) is 3.08. The lowest BCUT2D eigenvalue weighted by molar-refractivity contribution is 0.242. The first-order valence-corrected chi connectivity index (χ1v) is 5.93. The van der Waals surface area contributed by atoms with E-state index in [1.54, 1.807) is 0 Å². The van der Waals surface area contributed by atoms with Gasteiger partial charge in [0.15, 0.2) is 0 Å². The molecule has 74 valence electrons. The van der Waals surface area contributed by atoms with Crippen molar-refractivity contribution >= 4 is 0 Å². The molecule has 0 bridgehead atoms. The van der Waals surface area contributed by atoms with Crippen molar-refractivity contribution in [3.8, 4) is 0 Å². The Bertz CT molecular complexity index is 219. The molecule has 0 aromatic rings. The monoisotopic (exact) mass is 179 g/mol. The molecule has 0 aromatic carbocycles. The maximum absolute atomic E-state index is 2.74. The van der Waals surface area contributed by atoms with E-state index in [2.05, 4.69) is 18.7 Å². The number of hydrogen-bond acceptors (Lipinski definition) is 1. The molecule has 3 fully saturated rings. The van der Waals surface area contributed by atoms with Crippen LogP contribution in [-0.2, 0) is 0 Å². The van der Waals surface area contributed by atoms with Crippen LogP contribution < -0.4 is 0 Å². The highest BCUT2D eigenvalue weighted by atomic mass is 15.2. The molecule has 2 aliphatic carbocycles. The Balaban J connectivity index is 1.60. The van der Waals surface area contributed by atoms with Crippen molar-refractivity contribution in [1.82, 2.24) is 4.90 Å². The Morgan fingerprint density at radius 1 is 1.38 bits per heavy atom. The fraction of sp³-hybridized carbons (Fsp3) is 1.00. The topological polar surface area (TPSA) is 3.24 Å². The van der Waals surface area contributed by atoms with Crippen LogP contribution in [-0.4, -0.2) is 24.5 Å². The molecule has 0 N–H and O–H groups in total.